The van der Waals surface area contributed by atoms with Crippen molar-refractivity contribution in [1.29, 1.82) is 0 Å². The lowest BCUT2D eigenvalue weighted by Crippen LogP contribution is -2.38. The first kappa shape index (κ1) is 16.3. The summed E-state index contributed by atoms with van der Waals surface area (Å²) in [6.45, 7) is 7.35. The number of hydrogen-bond acceptors (Lipinski definition) is 4. The van der Waals surface area contributed by atoms with Crippen molar-refractivity contribution in [2.24, 2.45) is 5.92 Å². The van der Waals surface area contributed by atoms with E-state index in [4.69, 9.17) is 9.15 Å². The molecule has 1 aromatic rings. The van der Waals surface area contributed by atoms with Crippen LogP contribution in [-0.4, -0.2) is 29.9 Å². The summed E-state index contributed by atoms with van der Waals surface area (Å²) in [6.07, 6.45) is 2.32. The molecule has 0 bridgehead atoms. The van der Waals surface area contributed by atoms with E-state index in [-0.39, 0.29) is 12.0 Å². The molecule has 0 N–H and O–H groups in total. The van der Waals surface area contributed by atoms with E-state index in [0.717, 1.165) is 6.29 Å². The highest BCUT2D eigenvalue weighted by molar-refractivity contribution is 5.68. The topological polar surface area (TPSA) is 59.8 Å². The minimum Gasteiger partial charge on any atom is -0.467 e. The van der Waals surface area contributed by atoms with Gasteiger partial charge in [-0.05, 0) is 38.8 Å². The highest BCUT2D eigenvalue weighted by Crippen LogP contribution is 2.30. The molecule has 0 aliphatic heterocycles. The zero-order chi connectivity index (χ0) is 15.3. The van der Waals surface area contributed by atoms with E-state index >= 15 is 0 Å². The van der Waals surface area contributed by atoms with Gasteiger partial charge in [0.15, 0.2) is 0 Å². The minimum absolute atomic E-state index is 0.0591. The summed E-state index contributed by atoms with van der Waals surface area (Å²) in [5.74, 6) is 0.587. The molecule has 2 atom stereocenters. The Hall–Kier alpha value is -1.78. The van der Waals surface area contributed by atoms with E-state index in [1.54, 1.807) is 25.4 Å². The third kappa shape index (κ3) is 4.40. The van der Waals surface area contributed by atoms with Gasteiger partial charge in [0.25, 0.3) is 0 Å². The molecular weight excluding hydrogens is 258 g/mol. The predicted octanol–water partition coefficient (Wildman–Crippen LogP) is 3.41. The molecule has 0 saturated carbocycles. The lowest BCUT2D eigenvalue weighted by atomic mass is 9.96. The summed E-state index contributed by atoms with van der Waals surface area (Å²) in [6, 6.07) is 3.23. The van der Waals surface area contributed by atoms with Crippen LogP contribution in [0.2, 0.25) is 0 Å². The van der Waals surface area contributed by atoms with Crippen molar-refractivity contribution in [2.45, 2.75) is 45.8 Å². The molecule has 0 unspecified atom stereocenters. The number of carbonyl (C=O) groups excluding carboxylic acids is 2. The van der Waals surface area contributed by atoms with Crippen molar-refractivity contribution < 1.29 is 18.7 Å². The van der Waals surface area contributed by atoms with Crippen LogP contribution >= 0.6 is 0 Å². The fourth-order valence-electron chi connectivity index (χ4n) is 2.04. The molecule has 1 rings (SSSR count). The molecule has 0 spiro atoms. The van der Waals surface area contributed by atoms with Crippen LogP contribution in [0.3, 0.4) is 0 Å². The van der Waals surface area contributed by atoms with Crippen LogP contribution in [0.15, 0.2) is 22.8 Å². The first-order chi connectivity index (χ1) is 9.26. The van der Waals surface area contributed by atoms with Gasteiger partial charge in [0, 0.05) is 13.5 Å². The molecule has 0 fully saturated rings. The molecule has 0 aliphatic rings. The maximum absolute atomic E-state index is 12.2. The van der Waals surface area contributed by atoms with Gasteiger partial charge in [0.2, 0.25) is 0 Å². The van der Waals surface area contributed by atoms with Crippen LogP contribution in [0.4, 0.5) is 4.79 Å². The second kappa shape index (κ2) is 6.59. The Labute approximate surface area is 119 Å². The van der Waals surface area contributed by atoms with E-state index in [1.807, 2.05) is 27.7 Å². The van der Waals surface area contributed by atoms with E-state index in [1.165, 1.54) is 4.90 Å². The Balaban J connectivity index is 2.93. The third-order valence-corrected chi connectivity index (χ3v) is 2.94. The van der Waals surface area contributed by atoms with Crippen LogP contribution < -0.4 is 0 Å². The summed E-state index contributed by atoms with van der Waals surface area (Å²) >= 11 is 0. The molecule has 1 amide bonds. The normalized spacial score (nSPS) is 14.4. The van der Waals surface area contributed by atoms with Gasteiger partial charge in [0.05, 0.1) is 12.3 Å². The second-order valence-electron chi connectivity index (χ2n) is 5.93. The number of furan rings is 1. The van der Waals surface area contributed by atoms with Crippen LogP contribution in [0.25, 0.3) is 0 Å². The maximum Gasteiger partial charge on any atom is 0.410 e. The molecular formula is C15H23NO4. The van der Waals surface area contributed by atoms with Crippen LogP contribution in [-0.2, 0) is 9.53 Å². The zero-order valence-electron chi connectivity index (χ0n) is 12.8. The largest absolute Gasteiger partial charge is 0.467 e. The van der Waals surface area contributed by atoms with E-state index in [0.29, 0.717) is 12.2 Å². The first-order valence-corrected chi connectivity index (χ1v) is 6.69. The average Bonchev–Trinajstić information content (AvgIpc) is 2.80. The average molecular weight is 281 g/mol. The number of rotatable bonds is 5. The van der Waals surface area contributed by atoms with Crippen molar-refractivity contribution in [2.75, 3.05) is 7.05 Å². The molecule has 0 radical (unpaired) electrons. The van der Waals surface area contributed by atoms with Crippen LogP contribution in [0.5, 0.6) is 0 Å². The number of ether oxygens (including phenoxy) is 1. The predicted molar refractivity (Wildman–Crippen MR) is 75.3 cm³/mol. The Kier molecular flexibility index (Phi) is 5.36. The number of carbonyl (C=O) groups is 2. The van der Waals surface area contributed by atoms with Crippen molar-refractivity contribution in [3.05, 3.63) is 24.2 Å². The Morgan fingerprint density at radius 3 is 2.60 bits per heavy atom. The van der Waals surface area contributed by atoms with Crippen molar-refractivity contribution in [1.82, 2.24) is 4.90 Å². The SMILES string of the molecule is C[C@H](CC=O)[C@@H](c1ccco1)N(C)C(=O)OC(C)(C)C. The lowest BCUT2D eigenvalue weighted by Gasteiger charge is -2.32. The summed E-state index contributed by atoms with van der Waals surface area (Å²) in [5, 5.41) is 0. The standard InChI is InChI=1S/C15H23NO4/c1-11(8-9-17)13(12-7-6-10-19-12)16(5)14(18)20-15(2,3)4/h6-7,9-11,13H,8H2,1-5H3/t11-,13+/m1/s1. The van der Waals surface area contributed by atoms with Gasteiger partial charge in [-0.2, -0.15) is 0 Å². The minimum atomic E-state index is -0.563. The van der Waals surface area contributed by atoms with E-state index in [9.17, 15) is 9.59 Å². The lowest BCUT2D eigenvalue weighted by molar-refractivity contribution is -0.109. The molecule has 0 aliphatic carbocycles. The molecule has 1 heterocycles. The highest BCUT2D eigenvalue weighted by Gasteiger charge is 2.31. The maximum atomic E-state index is 12.2. The van der Waals surface area contributed by atoms with Gasteiger partial charge in [-0.25, -0.2) is 4.79 Å². The summed E-state index contributed by atoms with van der Waals surface area (Å²) in [4.78, 5) is 24.4. The smallest absolute Gasteiger partial charge is 0.410 e. The van der Waals surface area contributed by atoms with Gasteiger partial charge in [0.1, 0.15) is 17.6 Å². The van der Waals surface area contributed by atoms with Gasteiger partial charge in [-0.15, -0.1) is 0 Å². The fraction of sp³-hybridized carbons (Fsp3) is 0.600. The summed E-state index contributed by atoms with van der Waals surface area (Å²) < 4.78 is 10.8. The van der Waals surface area contributed by atoms with Gasteiger partial charge in [-0.1, -0.05) is 6.92 Å². The summed E-state index contributed by atoms with van der Waals surface area (Å²) in [7, 11) is 1.66. The molecule has 112 valence electrons. The molecule has 5 nitrogen and oxygen atoms in total. The Morgan fingerprint density at radius 1 is 1.50 bits per heavy atom. The number of aldehydes is 1. The van der Waals surface area contributed by atoms with Crippen molar-refractivity contribution in [3.8, 4) is 0 Å². The number of nitrogens with zero attached hydrogens (tertiary/aromatic N) is 1. The Morgan fingerprint density at radius 2 is 2.15 bits per heavy atom. The van der Waals surface area contributed by atoms with Crippen molar-refractivity contribution >= 4 is 12.4 Å². The second-order valence-corrected chi connectivity index (χ2v) is 5.93. The van der Waals surface area contributed by atoms with Crippen LogP contribution in [0, 0.1) is 5.92 Å². The molecule has 20 heavy (non-hydrogen) atoms. The number of hydrogen-bond donors (Lipinski definition) is 0. The third-order valence-electron chi connectivity index (χ3n) is 2.94. The van der Waals surface area contributed by atoms with E-state index in [2.05, 4.69) is 0 Å². The molecule has 5 heteroatoms. The van der Waals surface area contributed by atoms with E-state index < -0.39 is 11.7 Å². The quantitative estimate of drug-likeness (QED) is 0.776. The first-order valence-electron chi connectivity index (χ1n) is 6.69. The zero-order valence-corrected chi connectivity index (χ0v) is 12.8. The van der Waals surface area contributed by atoms with Crippen molar-refractivity contribution in [3.63, 3.8) is 0 Å². The monoisotopic (exact) mass is 281 g/mol. The van der Waals surface area contributed by atoms with Gasteiger partial charge in [-0.3, -0.25) is 0 Å². The Bertz CT molecular complexity index is 433. The molecule has 1 aromatic heterocycles. The molecule has 0 aromatic carbocycles. The van der Waals surface area contributed by atoms with Gasteiger partial charge >= 0.3 is 6.09 Å². The van der Waals surface area contributed by atoms with Crippen LogP contribution in [0.1, 0.15) is 45.9 Å². The molecule has 0 saturated heterocycles. The van der Waals surface area contributed by atoms with Gasteiger partial charge < -0.3 is 18.8 Å². The highest BCUT2D eigenvalue weighted by atomic mass is 16.6. The summed E-state index contributed by atoms with van der Waals surface area (Å²) in [5.41, 5.74) is -0.563. The fourth-order valence-corrected chi connectivity index (χ4v) is 2.04. The number of amides is 1.